The van der Waals surface area contributed by atoms with Gasteiger partial charge in [0.2, 0.25) is 0 Å². The van der Waals surface area contributed by atoms with Crippen LogP contribution in [0.25, 0.3) is 0 Å². The molecule has 2 rings (SSSR count). The molecule has 5 heteroatoms. The zero-order valence-corrected chi connectivity index (χ0v) is 14.7. The standard InChI is InChI=1S/C18H24N2O2S/c1-4-20(17-8-6-5-7-9-17)23(21,22)18-12-10-16(11-13-18)19-14-15(2)3/h5-13,15,19H,4,14H2,1-3H3. The first-order valence-corrected chi connectivity index (χ1v) is 9.31. The fourth-order valence-electron chi connectivity index (χ4n) is 2.28. The van der Waals surface area contributed by atoms with Crippen LogP contribution in [0.3, 0.4) is 0 Å². The monoisotopic (exact) mass is 332 g/mol. The largest absolute Gasteiger partial charge is 0.385 e. The van der Waals surface area contributed by atoms with E-state index in [0.29, 0.717) is 23.0 Å². The first-order valence-electron chi connectivity index (χ1n) is 7.87. The van der Waals surface area contributed by atoms with E-state index in [2.05, 4.69) is 19.2 Å². The van der Waals surface area contributed by atoms with E-state index in [1.807, 2.05) is 37.3 Å². The van der Waals surface area contributed by atoms with E-state index in [9.17, 15) is 8.42 Å². The summed E-state index contributed by atoms with van der Waals surface area (Å²) in [4.78, 5) is 0.304. The third-order valence-corrected chi connectivity index (χ3v) is 5.41. The third kappa shape index (κ3) is 4.26. The van der Waals surface area contributed by atoms with Crippen molar-refractivity contribution in [3.05, 3.63) is 54.6 Å². The minimum absolute atomic E-state index is 0.304. The highest BCUT2D eigenvalue weighted by Gasteiger charge is 2.23. The molecule has 4 nitrogen and oxygen atoms in total. The minimum atomic E-state index is -3.55. The molecule has 0 spiro atoms. The zero-order chi connectivity index (χ0) is 16.9. The predicted molar refractivity (Wildman–Crippen MR) is 96.4 cm³/mol. The van der Waals surface area contributed by atoms with Gasteiger partial charge in [0.1, 0.15) is 0 Å². The Labute approximate surface area is 139 Å². The van der Waals surface area contributed by atoms with Gasteiger partial charge in [-0.15, -0.1) is 0 Å². The number of rotatable bonds is 7. The predicted octanol–water partition coefficient (Wildman–Crippen LogP) is 3.97. The molecule has 0 aliphatic heterocycles. The van der Waals surface area contributed by atoms with Crippen LogP contribution in [0, 0.1) is 5.92 Å². The van der Waals surface area contributed by atoms with Crippen molar-refractivity contribution in [1.82, 2.24) is 0 Å². The number of nitrogens with one attached hydrogen (secondary N) is 1. The van der Waals surface area contributed by atoms with E-state index < -0.39 is 10.0 Å². The van der Waals surface area contributed by atoms with E-state index in [4.69, 9.17) is 0 Å². The molecule has 2 aromatic rings. The lowest BCUT2D eigenvalue weighted by Crippen LogP contribution is -2.30. The van der Waals surface area contributed by atoms with Crippen molar-refractivity contribution in [1.29, 1.82) is 0 Å². The molecule has 0 amide bonds. The maximum absolute atomic E-state index is 12.8. The highest BCUT2D eigenvalue weighted by Crippen LogP contribution is 2.24. The molecule has 2 aromatic carbocycles. The van der Waals surface area contributed by atoms with Crippen LogP contribution in [-0.2, 0) is 10.0 Å². The van der Waals surface area contributed by atoms with Crippen molar-refractivity contribution < 1.29 is 8.42 Å². The van der Waals surface area contributed by atoms with E-state index >= 15 is 0 Å². The van der Waals surface area contributed by atoms with Crippen LogP contribution in [-0.4, -0.2) is 21.5 Å². The Kier molecular flexibility index (Phi) is 5.66. The molecule has 0 atom stereocenters. The molecular weight excluding hydrogens is 308 g/mol. The summed E-state index contributed by atoms with van der Waals surface area (Å²) in [5.74, 6) is 0.534. The average Bonchev–Trinajstić information content (AvgIpc) is 2.55. The van der Waals surface area contributed by atoms with Crippen LogP contribution in [0.5, 0.6) is 0 Å². The van der Waals surface area contributed by atoms with Gasteiger partial charge in [-0.1, -0.05) is 32.0 Å². The van der Waals surface area contributed by atoms with E-state index in [-0.39, 0.29) is 0 Å². The molecule has 0 radical (unpaired) electrons. The SMILES string of the molecule is CCN(c1ccccc1)S(=O)(=O)c1ccc(NCC(C)C)cc1. The van der Waals surface area contributed by atoms with Crippen molar-refractivity contribution in [3.8, 4) is 0 Å². The summed E-state index contributed by atoms with van der Waals surface area (Å²) in [6, 6.07) is 16.1. The lowest BCUT2D eigenvalue weighted by molar-refractivity contribution is 0.592. The first kappa shape index (κ1) is 17.3. The van der Waals surface area contributed by atoms with Crippen molar-refractivity contribution >= 4 is 21.4 Å². The molecule has 0 aliphatic carbocycles. The summed E-state index contributed by atoms with van der Waals surface area (Å²) in [5.41, 5.74) is 1.61. The Morgan fingerprint density at radius 1 is 1.00 bits per heavy atom. The summed E-state index contributed by atoms with van der Waals surface area (Å²) >= 11 is 0. The van der Waals surface area contributed by atoms with Gasteiger partial charge in [-0.3, -0.25) is 4.31 Å². The molecule has 0 fully saturated rings. The van der Waals surface area contributed by atoms with Crippen LogP contribution in [0.2, 0.25) is 0 Å². The Morgan fingerprint density at radius 2 is 1.61 bits per heavy atom. The van der Waals surface area contributed by atoms with Crippen molar-refractivity contribution in [2.75, 3.05) is 22.7 Å². The maximum atomic E-state index is 12.8. The minimum Gasteiger partial charge on any atom is -0.385 e. The zero-order valence-electron chi connectivity index (χ0n) is 13.9. The number of hydrogen-bond donors (Lipinski definition) is 1. The normalized spacial score (nSPS) is 11.5. The van der Waals surface area contributed by atoms with Gasteiger partial charge in [0.05, 0.1) is 10.6 Å². The molecule has 0 saturated carbocycles. The molecule has 124 valence electrons. The number of benzene rings is 2. The summed E-state index contributed by atoms with van der Waals surface area (Å²) in [7, 11) is -3.55. The summed E-state index contributed by atoms with van der Waals surface area (Å²) in [5, 5.41) is 3.29. The smallest absolute Gasteiger partial charge is 0.264 e. The number of sulfonamides is 1. The van der Waals surface area contributed by atoms with Crippen LogP contribution >= 0.6 is 0 Å². The van der Waals surface area contributed by atoms with Gasteiger partial charge in [-0.05, 0) is 49.2 Å². The van der Waals surface area contributed by atoms with Gasteiger partial charge < -0.3 is 5.32 Å². The van der Waals surface area contributed by atoms with Gasteiger partial charge in [0, 0.05) is 18.8 Å². The number of para-hydroxylation sites is 1. The fourth-order valence-corrected chi connectivity index (χ4v) is 3.75. The summed E-state index contributed by atoms with van der Waals surface area (Å²) in [6.07, 6.45) is 0. The van der Waals surface area contributed by atoms with Crippen LogP contribution in [0.15, 0.2) is 59.5 Å². The summed E-state index contributed by atoms with van der Waals surface area (Å²) in [6.45, 7) is 7.34. The second-order valence-corrected chi connectivity index (χ2v) is 7.67. The van der Waals surface area contributed by atoms with E-state index in [1.54, 1.807) is 24.3 Å². The molecule has 0 heterocycles. The molecule has 0 unspecified atom stereocenters. The Balaban J connectivity index is 2.24. The number of hydrogen-bond acceptors (Lipinski definition) is 3. The van der Waals surface area contributed by atoms with E-state index in [1.165, 1.54) is 4.31 Å². The molecule has 0 aliphatic rings. The van der Waals surface area contributed by atoms with Crippen LogP contribution < -0.4 is 9.62 Å². The molecular formula is C18H24N2O2S. The highest BCUT2D eigenvalue weighted by atomic mass is 32.2. The third-order valence-electron chi connectivity index (χ3n) is 3.49. The van der Waals surface area contributed by atoms with Gasteiger partial charge in [0.25, 0.3) is 10.0 Å². The second kappa shape index (κ2) is 7.51. The topological polar surface area (TPSA) is 49.4 Å². The molecule has 0 bridgehead atoms. The number of anilines is 2. The highest BCUT2D eigenvalue weighted by molar-refractivity contribution is 7.92. The Hall–Kier alpha value is -2.01. The van der Waals surface area contributed by atoms with Gasteiger partial charge >= 0.3 is 0 Å². The van der Waals surface area contributed by atoms with E-state index in [0.717, 1.165) is 12.2 Å². The van der Waals surface area contributed by atoms with Crippen LogP contribution in [0.4, 0.5) is 11.4 Å². The lowest BCUT2D eigenvalue weighted by Gasteiger charge is -2.23. The molecule has 1 N–H and O–H groups in total. The van der Waals surface area contributed by atoms with Crippen molar-refractivity contribution in [2.45, 2.75) is 25.7 Å². The quantitative estimate of drug-likeness (QED) is 0.834. The Morgan fingerprint density at radius 3 is 2.13 bits per heavy atom. The Bertz CT molecular complexity index is 710. The molecule has 23 heavy (non-hydrogen) atoms. The van der Waals surface area contributed by atoms with Gasteiger partial charge in [-0.25, -0.2) is 8.42 Å². The van der Waals surface area contributed by atoms with Gasteiger partial charge in [-0.2, -0.15) is 0 Å². The molecule has 0 saturated heterocycles. The van der Waals surface area contributed by atoms with Gasteiger partial charge in [0.15, 0.2) is 0 Å². The van der Waals surface area contributed by atoms with Crippen molar-refractivity contribution in [2.24, 2.45) is 5.92 Å². The average molecular weight is 332 g/mol. The summed E-state index contributed by atoms with van der Waals surface area (Å²) < 4.78 is 27.1. The fraction of sp³-hybridized carbons (Fsp3) is 0.333. The maximum Gasteiger partial charge on any atom is 0.264 e. The second-order valence-electron chi connectivity index (χ2n) is 5.80. The lowest BCUT2D eigenvalue weighted by atomic mass is 10.2. The number of nitrogens with zero attached hydrogens (tertiary/aromatic N) is 1. The molecule has 0 aromatic heterocycles. The first-order chi connectivity index (χ1) is 10.9. The van der Waals surface area contributed by atoms with Crippen LogP contribution in [0.1, 0.15) is 20.8 Å². The van der Waals surface area contributed by atoms with Crippen molar-refractivity contribution in [3.63, 3.8) is 0 Å².